The van der Waals surface area contributed by atoms with E-state index in [2.05, 4.69) is 22.1 Å². The quantitative estimate of drug-likeness (QED) is 0.771. The molecule has 0 fully saturated rings. The number of hydrogen-bond donors (Lipinski definition) is 1. The van der Waals surface area contributed by atoms with Crippen molar-refractivity contribution < 1.29 is 0 Å². The predicted molar refractivity (Wildman–Crippen MR) is 77.2 cm³/mol. The Bertz CT molecular complexity index is 746. The highest BCUT2D eigenvalue weighted by Gasteiger charge is 2.18. The molecule has 3 aromatic heterocycles. The predicted octanol–water partition coefficient (Wildman–Crippen LogP) is 1.09. The number of nitrogens with two attached hydrogens (primary N) is 1. The van der Waals surface area contributed by atoms with Gasteiger partial charge < -0.3 is 5.73 Å². The number of fused-ring (bicyclic) bond motifs is 1. The second-order valence-electron chi connectivity index (χ2n) is 4.99. The number of hydrogen-bond acceptors (Lipinski definition) is 4. The van der Waals surface area contributed by atoms with Crippen molar-refractivity contribution >= 4 is 17.1 Å². The first-order valence-corrected chi connectivity index (χ1v) is 6.76. The first-order chi connectivity index (χ1) is 9.61. The van der Waals surface area contributed by atoms with Crippen molar-refractivity contribution in [2.75, 3.05) is 5.73 Å². The maximum Gasteiger partial charge on any atom is 0.202 e. The smallest absolute Gasteiger partial charge is 0.202 e. The zero-order valence-corrected chi connectivity index (χ0v) is 12.0. The van der Waals surface area contributed by atoms with Crippen molar-refractivity contribution in [3.8, 4) is 0 Å². The Morgan fingerprint density at radius 3 is 2.70 bits per heavy atom. The fourth-order valence-electron chi connectivity index (χ4n) is 2.54. The van der Waals surface area contributed by atoms with E-state index in [1.807, 2.05) is 34.1 Å². The molecule has 0 amide bonds. The van der Waals surface area contributed by atoms with Crippen molar-refractivity contribution in [1.29, 1.82) is 0 Å². The molecule has 0 spiro atoms. The SMILES string of the molecule is CCCc1nn(C)c2c1nc(N)n2Cc1ccnn1C. The lowest BCUT2D eigenvalue weighted by atomic mass is 10.2. The van der Waals surface area contributed by atoms with E-state index in [0.29, 0.717) is 12.5 Å². The molecule has 3 aromatic rings. The molecule has 0 aliphatic carbocycles. The van der Waals surface area contributed by atoms with Crippen molar-refractivity contribution in [3.05, 3.63) is 23.7 Å². The Morgan fingerprint density at radius 1 is 1.25 bits per heavy atom. The number of aromatic nitrogens is 6. The molecule has 3 heterocycles. The van der Waals surface area contributed by atoms with Gasteiger partial charge in [-0.2, -0.15) is 10.2 Å². The molecular formula is C13H19N7. The van der Waals surface area contributed by atoms with Gasteiger partial charge in [-0.05, 0) is 12.5 Å². The molecule has 0 bridgehead atoms. The van der Waals surface area contributed by atoms with E-state index in [4.69, 9.17) is 5.73 Å². The number of rotatable bonds is 4. The fourth-order valence-corrected chi connectivity index (χ4v) is 2.54. The van der Waals surface area contributed by atoms with Gasteiger partial charge in [-0.1, -0.05) is 13.3 Å². The molecule has 106 valence electrons. The van der Waals surface area contributed by atoms with Crippen LogP contribution < -0.4 is 5.73 Å². The van der Waals surface area contributed by atoms with Gasteiger partial charge >= 0.3 is 0 Å². The van der Waals surface area contributed by atoms with Gasteiger partial charge in [0.15, 0.2) is 5.65 Å². The van der Waals surface area contributed by atoms with E-state index in [1.54, 1.807) is 6.20 Å². The molecule has 0 saturated heterocycles. The van der Waals surface area contributed by atoms with Crippen LogP contribution in [0.15, 0.2) is 12.3 Å². The lowest BCUT2D eigenvalue weighted by Gasteiger charge is -2.07. The molecule has 0 atom stereocenters. The minimum absolute atomic E-state index is 0.520. The molecule has 0 aliphatic heterocycles. The van der Waals surface area contributed by atoms with Gasteiger partial charge in [-0.15, -0.1) is 0 Å². The summed E-state index contributed by atoms with van der Waals surface area (Å²) < 4.78 is 5.69. The molecular weight excluding hydrogens is 254 g/mol. The van der Waals surface area contributed by atoms with Crippen LogP contribution >= 0.6 is 0 Å². The zero-order chi connectivity index (χ0) is 14.3. The minimum Gasteiger partial charge on any atom is -0.369 e. The van der Waals surface area contributed by atoms with Crippen molar-refractivity contribution in [1.82, 2.24) is 29.1 Å². The van der Waals surface area contributed by atoms with Crippen LogP contribution in [-0.2, 0) is 27.1 Å². The van der Waals surface area contributed by atoms with Crippen LogP contribution in [0.5, 0.6) is 0 Å². The molecule has 0 aliphatic rings. The van der Waals surface area contributed by atoms with Crippen molar-refractivity contribution in [2.24, 2.45) is 14.1 Å². The van der Waals surface area contributed by atoms with Crippen LogP contribution in [0, 0.1) is 0 Å². The molecule has 20 heavy (non-hydrogen) atoms. The van der Waals surface area contributed by atoms with E-state index in [1.165, 1.54) is 0 Å². The number of imidazole rings is 1. The Morgan fingerprint density at radius 2 is 2.05 bits per heavy atom. The van der Waals surface area contributed by atoms with Gasteiger partial charge in [-0.25, -0.2) is 4.98 Å². The summed E-state index contributed by atoms with van der Waals surface area (Å²) in [5.74, 6) is 0.520. The standard InChI is InChI=1S/C13H19N7/c1-4-5-10-11-12(19(3)17-10)20(13(14)16-11)8-9-6-7-15-18(9)2/h6-7H,4-5,8H2,1-3H3,(H2,14,16). The summed E-state index contributed by atoms with van der Waals surface area (Å²) in [5.41, 5.74) is 10.0. The van der Waals surface area contributed by atoms with Gasteiger partial charge in [0.05, 0.1) is 17.9 Å². The van der Waals surface area contributed by atoms with Crippen molar-refractivity contribution in [2.45, 2.75) is 26.3 Å². The lowest BCUT2D eigenvalue weighted by molar-refractivity contribution is 0.660. The molecule has 7 nitrogen and oxygen atoms in total. The van der Waals surface area contributed by atoms with E-state index in [-0.39, 0.29) is 0 Å². The van der Waals surface area contributed by atoms with Crippen LogP contribution in [0.4, 0.5) is 5.95 Å². The Labute approximate surface area is 117 Å². The third-order valence-corrected chi connectivity index (χ3v) is 3.55. The Kier molecular flexibility index (Phi) is 2.96. The average Bonchev–Trinajstić information content (AvgIpc) is 3.02. The monoisotopic (exact) mass is 273 g/mol. The topological polar surface area (TPSA) is 79.5 Å². The van der Waals surface area contributed by atoms with Gasteiger partial charge in [0.1, 0.15) is 5.52 Å². The molecule has 0 radical (unpaired) electrons. The zero-order valence-electron chi connectivity index (χ0n) is 12.0. The summed E-state index contributed by atoms with van der Waals surface area (Å²) >= 11 is 0. The summed E-state index contributed by atoms with van der Waals surface area (Å²) in [7, 11) is 3.85. The van der Waals surface area contributed by atoms with Crippen LogP contribution in [0.3, 0.4) is 0 Å². The molecule has 0 saturated carbocycles. The molecule has 0 unspecified atom stereocenters. The number of anilines is 1. The summed E-state index contributed by atoms with van der Waals surface area (Å²) in [5, 5.41) is 8.73. The van der Waals surface area contributed by atoms with Gasteiger partial charge in [0.2, 0.25) is 5.95 Å². The van der Waals surface area contributed by atoms with E-state index in [0.717, 1.165) is 35.4 Å². The maximum atomic E-state index is 6.08. The number of nitrogens with zero attached hydrogens (tertiary/aromatic N) is 6. The van der Waals surface area contributed by atoms with Crippen LogP contribution in [0.2, 0.25) is 0 Å². The Balaban J connectivity index is 2.11. The normalized spacial score (nSPS) is 11.6. The van der Waals surface area contributed by atoms with Gasteiger partial charge in [-0.3, -0.25) is 13.9 Å². The summed E-state index contributed by atoms with van der Waals surface area (Å²) in [6.07, 6.45) is 3.74. The van der Waals surface area contributed by atoms with E-state index < -0.39 is 0 Å². The van der Waals surface area contributed by atoms with Gasteiger partial charge in [0, 0.05) is 20.3 Å². The highest BCUT2D eigenvalue weighted by Crippen LogP contribution is 2.22. The van der Waals surface area contributed by atoms with E-state index in [9.17, 15) is 0 Å². The van der Waals surface area contributed by atoms with E-state index >= 15 is 0 Å². The van der Waals surface area contributed by atoms with Crippen molar-refractivity contribution in [3.63, 3.8) is 0 Å². The Hall–Kier alpha value is -2.31. The molecule has 7 heteroatoms. The third kappa shape index (κ3) is 1.86. The highest BCUT2D eigenvalue weighted by molar-refractivity contribution is 5.77. The maximum absolute atomic E-state index is 6.08. The van der Waals surface area contributed by atoms with Crippen LogP contribution in [0.1, 0.15) is 24.7 Å². The van der Waals surface area contributed by atoms with Crippen LogP contribution in [0.25, 0.3) is 11.2 Å². The minimum atomic E-state index is 0.520. The average molecular weight is 273 g/mol. The second kappa shape index (κ2) is 4.66. The fraction of sp³-hybridized carbons (Fsp3) is 0.462. The molecule has 3 rings (SSSR count). The summed E-state index contributed by atoms with van der Waals surface area (Å²) in [4.78, 5) is 4.49. The largest absolute Gasteiger partial charge is 0.369 e. The van der Waals surface area contributed by atoms with Gasteiger partial charge in [0.25, 0.3) is 0 Å². The molecule has 2 N–H and O–H groups in total. The summed E-state index contributed by atoms with van der Waals surface area (Å²) in [6, 6.07) is 1.98. The highest BCUT2D eigenvalue weighted by atomic mass is 15.4. The lowest BCUT2D eigenvalue weighted by Crippen LogP contribution is -2.10. The first-order valence-electron chi connectivity index (χ1n) is 6.76. The second-order valence-corrected chi connectivity index (χ2v) is 4.99. The molecule has 0 aromatic carbocycles. The number of aryl methyl sites for hydroxylation is 3. The number of nitrogen functional groups attached to an aromatic ring is 1. The third-order valence-electron chi connectivity index (χ3n) is 3.55. The summed E-state index contributed by atoms with van der Waals surface area (Å²) in [6.45, 7) is 2.78. The first kappa shape index (κ1) is 12.7. The van der Waals surface area contributed by atoms with Crippen LogP contribution in [-0.4, -0.2) is 29.1 Å².